The van der Waals surface area contributed by atoms with Gasteiger partial charge in [0, 0.05) is 12.7 Å². The van der Waals surface area contributed by atoms with E-state index in [1.807, 2.05) is 31.2 Å². The van der Waals surface area contributed by atoms with Crippen molar-refractivity contribution < 1.29 is 8.78 Å². The third-order valence-corrected chi connectivity index (χ3v) is 6.30. The van der Waals surface area contributed by atoms with Crippen LogP contribution in [0.3, 0.4) is 0 Å². The normalized spacial score (nSPS) is 11.2. The van der Waals surface area contributed by atoms with E-state index in [2.05, 4.69) is 50.5 Å². The number of pyridine rings is 1. The molecule has 0 radical (unpaired) electrons. The molecule has 3 nitrogen and oxygen atoms in total. The Morgan fingerprint density at radius 1 is 1.04 bits per heavy atom. The Labute approximate surface area is 188 Å². The third kappa shape index (κ3) is 3.49. The van der Waals surface area contributed by atoms with Gasteiger partial charge in [-0.25, -0.2) is 13.8 Å². The van der Waals surface area contributed by atoms with Crippen LogP contribution in [0.15, 0.2) is 54.6 Å². The molecule has 28 heavy (non-hydrogen) atoms. The van der Waals surface area contributed by atoms with Gasteiger partial charge in [0.25, 0.3) is 0 Å². The van der Waals surface area contributed by atoms with Crippen molar-refractivity contribution in [2.45, 2.75) is 13.6 Å². The summed E-state index contributed by atoms with van der Waals surface area (Å²) in [4.78, 5) is 4.74. The second-order valence-corrected chi connectivity index (χ2v) is 8.66. The maximum Gasteiger partial charge on any atom is 0.143 e. The molecular weight excluding hydrogens is 586 g/mol. The molecule has 142 valence electrons. The van der Waals surface area contributed by atoms with Crippen LogP contribution >= 0.6 is 45.2 Å². The average Bonchev–Trinajstić information content (AvgIpc) is 3.03. The number of alkyl halides is 1. The van der Waals surface area contributed by atoms with E-state index in [9.17, 15) is 8.78 Å². The van der Waals surface area contributed by atoms with E-state index in [4.69, 9.17) is 4.98 Å². The van der Waals surface area contributed by atoms with Crippen molar-refractivity contribution in [3.8, 4) is 11.3 Å². The van der Waals surface area contributed by atoms with Gasteiger partial charge in [0.15, 0.2) is 0 Å². The zero-order valence-corrected chi connectivity index (χ0v) is 19.1. The predicted molar refractivity (Wildman–Crippen MR) is 125 cm³/mol. The summed E-state index contributed by atoms with van der Waals surface area (Å²) in [6.45, 7) is 1.40. The molecule has 0 aliphatic rings. The average molecular weight is 601 g/mol. The highest BCUT2D eigenvalue weighted by Gasteiger charge is 2.20. The Hall–Kier alpha value is -1.75. The summed E-state index contributed by atoms with van der Waals surface area (Å²) in [7, 11) is 0. The quantitative estimate of drug-likeness (QED) is 0.259. The standard InChI is InChI=1S/C21H15F2I2N3/c1-12-4-2-6-16(24)19(12)27-21-20(15-9-8-13(23)10-17(15)25)26-18-7-3-5-14(11-22)28(18)21/h2-10,27H,11H2,1H3. The number of rotatable bonds is 4. The van der Waals surface area contributed by atoms with Gasteiger partial charge >= 0.3 is 0 Å². The first-order valence-electron chi connectivity index (χ1n) is 8.53. The summed E-state index contributed by atoms with van der Waals surface area (Å²) in [5.41, 5.74) is 4.60. The minimum Gasteiger partial charge on any atom is -0.338 e. The number of nitrogens with one attached hydrogen (secondary N) is 1. The maximum atomic E-state index is 13.7. The first-order chi connectivity index (χ1) is 13.5. The highest BCUT2D eigenvalue weighted by molar-refractivity contribution is 14.1. The molecule has 4 rings (SSSR count). The lowest BCUT2D eigenvalue weighted by Crippen LogP contribution is -2.03. The number of imidazole rings is 1. The number of aryl methyl sites for hydroxylation is 1. The van der Waals surface area contributed by atoms with Crippen LogP contribution in [-0.4, -0.2) is 9.38 Å². The Bertz CT molecular complexity index is 1170. The number of benzene rings is 2. The van der Waals surface area contributed by atoms with E-state index < -0.39 is 6.67 Å². The van der Waals surface area contributed by atoms with Crippen LogP contribution in [0.5, 0.6) is 0 Å². The molecule has 0 bridgehead atoms. The highest BCUT2D eigenvalue weighted by atomic mass is 127. The lowest BCUT2D eigenvalue weighted by atomic mass is 10.1. The van der Waals surface area contributed by atoms with E-state index in [-0.39, 0.29) is 5.82 Å². The molecule has 2 aromatic carbocycles. The van der Waals surface area contributed by atoms with Crippen LogP contribution in [-0.2, 0) is 6.67 Å². The topological polar surface area (TPSA) is 29.3 Å². The molecule has 1 N–H and O–H groups in total. The van der Waals surface area contributed by atoms with Crippen molar-refractivity contribution in [2.75, 3.05) is 5.32 Å². The molecule has 0 atom stereocenters. The number of hydrogen-bond acceptors (Lipinski definition) is 2. The van der Waals surface area contributed by atoms with Gasteiger partial charge in [-0.1, -0.05) is 18.2 Å². The molecule has 0 amide bonds. The van der Waals surface area contributed by atoms with Crippen molar-refractivity contribution in [2.24, 2.45) is 0 Å². The Morgan fingerprint density at radius 2 is 1.82 bits per heavy atom. The summed E-state index contributed by atoms with van der Waals surface area (Å²) in [5.74, 6) is 0.365. The number of fused-ring (bicyclic) bond motifs is 1. The van der Waals surface area contributed by atoms with Crippen molar-refractivity contribution in [3.05, 3.63) is 78.8 Å². The fourth-order valence-corrected chi connectivity index (χ4v) is 4.66. The van der Waals surface area contributed by atoms with Crippen LogP contribution in [0.4, 0.5) is 20.3 Å². The maximum absolute atomic E-state index is 13.7. The van der Waals surface area contributed by atoms with Gasteiger partial charge in [-0.05, 0) is 94.1 Å². The van der Waals surface area contributed by atoms with Gasteiger partial charge in [0.05, 0.1) is 11.4 Å². The first kappa shape index (κ1) is 19.6. The fourth-order valence-electron chi connectivity index (χ4n) is 3.16. The second kappa shape index (κ2) is 7.94. The van der Waals surface area contributed by atoms with E-state index in [1.54, 1.807) is 22.6 Å². The van der Waals surface area contributed by atoms with Crippen molar-refractivity contribution in [3.63, 3.8) is 0 Å². The molecule has 0 aliphatic heterocycles. The van der Waals surface area contributed by atoms with Crippen LogP contribution in [0.2, 0.25) is 0 Å². The number of para-hydroxylation sites is 1. The third-order valence-electron chi connectivity index (χ3n) is 4.51. The lowest BCUT2D eigenvalue weighted by Gasteiger charge is -2.15. The number of aromatic nitrogens is 2. The molecule has 0 fully saturated rings. The molecular formula is C21H15F2I2N3. The molecule has 0 saturated carbocycles. The zero-order chi connectivity index (χ0) is 19.8. The molecule has 0 aliphatic carbocycles. The van der Waals surface area contributed by atoms with Crippen molar-refractivity contribution in [1.29, 1.82) is 0 Å². The molecule has 0 saturated heterocycles. The van der Waals surface area contributed by atoms with Gasteiger partial charge in [-0.15, -0.1) is 0 Å². The Balaban J connectivity index is 2.01. The minimum absolute atomic E-state index is 0.302. The second-order valence-electron chi connectivity index (χ2n) is 6.33. The minimum atomic E-state index is -0.618. The monoisotopic (exact) mass is 601 g/mol. The number of anilines is 2. The van der Waals surface area contributed by atoms with Crippen LogP contribution in [0.1, 0.15) is 11.3 Å². The summed E-state index contributed by atoms with van der Waals surface area (Å²) >= 11 is 4.37. The smallest absolute Gasteiger partial charge is 0.143 e. The molecule has 0 spiro atoms. The number of hydrogen-bond donors (Lipinski definition) is 1. The summed E-state index contributed by atoms with van der Waals surface area (Å²) in [6.07, 6.45) is 0. The molecule has 2 aromatic heterocycles. The van der Waals surface area contributed by atoms with Crippen LogP contribution in [0, 0.1) is 19.9 Å². The van der Waals surface area contributed by atoms with E-state index >= 15 is 0 Å². The van der Waals surface area contributed by atoms with Crippen LogP contribution < -0.4 is 5.32 Å². The fraction of sp³-hybridized carbons (Fsp3) is 0.0952. The van der Waals surface area contributed by atoms with Gasteiger partial charge in [-0.3, -0.25) is 4.40 Å². The van der Waals surface area contributed by atoms with Crippen LogP contribution in [0.25, 0.3) is 16.9 Å². The SMILES string of the molecule is Cc1cccc(I)c1Nc1c(-c2ccc(F)cc2I)nc2cccc(CF)n12. The Morgan fingerprint density at radius 3 is 2.54 bits per heavy atom. The summed E-state index contributed by atoms with van der Waals surface area (Å²) < 4.78 is 31.0. The molecule has 7 heteroatoms. The van der Waals surface area contributed by atoms with E-state index in [1.165, 1.54) is 12.1 Å². The molecule has 4 aromatic rings. The largest absolute Gasteiger partial charge is 0.338 e. The van der Waals surface area contributed by atoms with Crippen molar-refractivity contribution >= 4 is 62.3 Å². The van der Waals surface area contributed by atoms with Gasteiger partial charge < -0.3 is 5.32 Å². The van der Waals surface area contributed by atoms with E-state index in [0.29, 0.717) is 22.9 Å². The van der Waals surface area contributed by atoms with Gasteiger partial charge in [0.2, 0.25) is 0 Å². The Kier molecular flexibility index (Phi) is 5.55. The van der Waals surface area contributed by atoms with Gasteiger partial charge in [0.1, 0.15) is 29.7 Å². The molecule has 0 unspecified atom stereocenters. The summed E-state index contributed by atoms with van der Waals surface area (Å²) in [5, 5.41) is 3.48. The zero-order valence-electron chi connectivity index (χ0n) is 14.8. The number of nitrogens with zero attached hydrogens (tertiary/aromatic N) is 2. The lowest BCUT2D eigenvalue weighted by molar-refractivity contribution is 0.473. The summed E-state index contributed by atoms with van der Waals surface area (Å²) in [6, 6.07) is 16.0. The number of halogens is 4. The molecule has 2 heterocycles. The highest BCUT2D eigenvalue weighted by Crippen LogP contribution is 2.36. The van der Waals surface area contributed by atoms with Crippen molar-refractivity contribution in [1.82, 2.24) is 9.38 Å². The van der Waals surface area contributed by atoms with E-state index in [0.717, 1.165) is 24.0 Å². The van der Waals surface area contributed by atoms with Gasteiger partial charge in [-0.2, -0.15) is 0 Å². The first-order valence-corrected chi connectivity index (χ1v) is 10.7. The predicted octanol–water partition coefficient (Wildman–Crippen LogP) is 6.87.